The lowest BCUT2D eigenvalue weighted by atomic mass is 10.2. The van der Waals surface area contributed by atoms with Gasteiger partial charge in [-0.2, -0.15) is 4.98 Å². The number of carbonyl (C=O) groups excluding carboxylic acids is 1. The number of nitrogens with zero attached hydrogens (tertiary/aromatic N) is 7. The van der Waals surface area contributed by atoms with Gasteiger partial charge in [0.2, 0.25) is 6.39 Å². The lowest BCUT2D eigenvalue weighted by Gasteiger charge is -2.41. The largest absolute Gasteiger partial charge is 0.379 e. The summed E-state index contributed by atoms with van der Waals surface area (Å²) >= 11 is 1.43. The first-order valence-corrected chi connectivity index (χ1v) is 11.6. The van der Waals surface area contributed by atoms with Crippen LogP contribution in [0, 0.1) is 0 Å². The quantitative estimate of drug-likeness (QED) is 0.551. The number of rotatable bonds is 6. The van der Waals surface area contributed by atoms with E-state index in [2.05, 4.69) is 36.0 Å². The molecule has 3 aromatic rings. The number of thiazole rings is 1. The van der Waals surface area contributed by atoms with Crippen molar-refractivity contribution < 1.29 is 14.1 Å². The molecule has 2 aliphatic rings. The van der Waals surface area contributed by atoms with E-state index in [4.69, 9.17) is 9.26 Å². The number of hydrazine groups is 1. The average molecular weight is 456 g/mol. The highest BCUT2D eigenvalue weighted by molar-refractivity contribution is 7.07. The molecule has 2 fully saturated rings. The number of aromatic nitrogens is 3. The highest BCUT2D eigenvalue weighted by atomic mass is 32.1. The molecule has 0 radical (unpaired) electrons. The standard InChI is InChI=1S/C21H25N7O3S/c29-21(17-14-32-16-23-17)28(27-9-11-30-12-10-27)19-4-2-1-3-18(19)26-7-5-25(6-8-26)13-20-22-15-31-24-20/h1-4,14-16H,5-13H2. The van der Waals surface area contributed by atoms with Gasteiger partial charge in [-0.1, -0.05) is 17.3 Å². The summed E-state index contributed by atoms with van der Waals surface area (Å²) in [5.41, 5.74) is 4.07. The average Bonchev–Trinajstić information content (AvgIpc) is 3.56. The normalized spacial score (nSPS) is 18.1. The van der Waals surface area contributed by atoms with E-state index >= 15 is 0 Å². The second-order valence-corrected chi connectivity index (χ2v) is 8.37. The van der Waals surface area contributed by atoms with Gasteiger partial charge in [-0.05, 0) is 12.1 Å². The predicted octanol–water partition coefficient (Wildman–Crippen LogP) is 1.74. The van der Waals surface area contributed by atoms with Gasteiger partial charge in [0.25, 0.3) is 5.91 Å². The predicted molar refractivity (Wildman–Crippen MR) is 120 cm³/mol. The van der Waals surface area contributed by atoms with Crippen molar-refractivity contribution in [2.75, 3.05) is 62.4 Å². The van der Waals surface area contributed by atoms with Crippen molar-refractivity contribution in [3.8, 4) is 0 Å². The summed E-state index contributed by atoms with van der Waals surface area (Å²) in [5.74, 6) is 0.586. The molecule has 168 valence electrons. The Labute approximate surface area is 190 Å². The van der Waals surface area contributed by atoms with Crippen molar-refractivity contribution >= 4 is 28.6 Å². The molecule has 0 atom stereocenters. The van der Waals surface area contributed by atoms with Gasteiger partial charge in [0.15, 0.2) is 5.82 Å². The van der Waals surface area contributed by atoms with E-state index in [9.17, 15) is 4.79 Å². The summed E-state index contributed by atoms with van der Waals surface area (Å²) < 4.78 is 10.4. The van der Waals surface area contributed by atoms with Crippen LogP contribution in [0.25, 0.3) is 0 Å². The zero-order valence-corrected chi connectivity index (χ0v) is 18.5. The van der Waals surface area contributed by atoms with Crippen LogP contribution < -0.4 is 9.91 Å². The zero-order valence-electron chi connectivity index (χ0n) is 17.7. The van der Waals surface area contributed by atoms with Crippen LogP contribution in [-0.4, -0.2) is 83.4 Å². The van der Waals surface area contributed by atoms with Gasteiger partial charge < -0.3 is 14.2 Å². The van der Waals surface area contributed by atoms with Gasteiger partial charge in [-0.3, -0.25) is 9.69 Å². The first-order valence-electron chi connectivity index (χ1n) is 10.7. The van der Waals surface area contributed by atoms with Crippen LogP contribution in [0.2, 0.25) is 0 Å². The van der Waals surface area contributed by atoms with Crippen LogP contribution in [0.3, 0.4) is 0 Å². The van der Waals surface area contributed by atoms with Crippen LogP contribution in [0.15, 0.2) is 46.1 Å². The highest BCUT2D eigenvalue weighted by Gasteiger charge is 2.31. The Hall–Kier alpha value is -2.86. The van der Waals surface area contributed by atoms with Crippen LogP contribution in [0.4, 0.5) is 11.4 Å². The molecule has 4 heterocycles. The van der Waals surface area contributed by atoms with Crippen LogP contribution in [0.1, 0.15) is 16.3 Å². The third kappa shape index (κ3) is 4.51. The molecule has 2 aliphatic heterocycles. The summed E-state index contributed by atoms with van der Waals surface area (Å²) in [6.45, 7) is 6.61. The van der Waals surface area contributed by atoms with Crippen LogP contribution in [0.5, 0.6) is 0 Å². The molecule has 32 heavy (non-hydrogen) atoms. The molecule has 10 nitrogen and oxygen atoms in total. The first kappa shape index (κ1) is 21.0. The van der Waals surface area contributed by atoms with Crippen molar-refractivity contribution in [1.29, 1.82) is 0 Å². The zero-order chi connectivity index (χ0) is 21.8. The Kier molecular flexibility index (Phi) is 6.39. The molecule has 5 rings (SSSR count). The molecule has 11 heteroatoms. The first-order chi connectivity index (χ1) is 15.8. The molecule has 0 saturated carbocycles. The molecule has 0 bridgehead atoms. The molecule has 1 amide bonds. The molecule has 0 aliphatic carbocycles. The maximum atomic E-state index is 13.5. The Morgan fingerprint density at radius 3 is 2.59 bits per heavy atom. The summed E-state index contributed by atoms with van der Waals surface area (Å²) in [6.07, 6.45) is 1.36. The Bertz CT molecular complexity index is 1000. The SMILES string of the molecule is O=C(c1cscn1)N(c1ccccc1N1CCN(Cc2ncon2)CC1)N1CCOCC1. The molecule has 0 spiro atoms. The van der Waals surface area contributed by atoms with E-state index in [1.807, 2.05) is 18.2 Å². The van der Waals surface area contributed by atoms with Crippen molar-refractivity contribution in [2.24, 2.45) is 0 Å². The molecular formula is C21H25N7O3S. The van der Waals surface area contributed by atoms with Crippen LogP contribution in [-0.2, 0) is 11.3 Å². The highest BCUT2D eigenvalue weighted by Crippen LogP contribution is 2.32. The number of para-hydroxylation sites is 2. The number of ether oxygens (including phenoxy) is 1. The van der Waals surface area contributed by atoms with E-state index in [0.29, 0.717) is 44.4 Å². The number of hydrogen-bond donors (Lipinski definition) is 0. The second kappa shape index (κ2) is 9.74. The van der Waals surface area contributed by atoms with Gasteiger partial charge >= 0.3 is 0 Å². The molecule has 1 aromatic carbocycles. The molecule has 2 aromatic heterocycles. The summed E-state index contributed by atoms with van der Waals surface area (Å²) in [6, 6.07) is 8.11. The van der Waals surface area contributed by atoms with Gasteiger partial charge in [0, 0.05) is 44.6 Å². The minimum Gasteiger partial charge on any atom is -0.379 e. The van der Waals surface area contributed by atoms with E-state index in [1.165, 1.54) is 17.7 Å². The Balaban J connectivity index is 1.38. The molecular weight excluding hydrogens is 430 g/mol. The lowest BCUT2D eigenvalue weighted by Crippen LogP contribution is -2.53. The molecule has 2 saturated heterocycles. The smallest absolute Gasteiger partial charge is 0.292 e. The Morgan fingerprint density at radius 2 is 1.88 bits per heavy atom. The number of amides is 1. The van der Waals surface area contributed by atoms with Crippen molar-refractivity contribution in [1.82, 2.24) is 25.0 Å². The maximum absolute atomic E-state index is 13.5. The second-order valence-electron chi connectivity index (χ2n) is 7.66. The summed E-state index contributed by atoms with van der Waals surface area (Å²) in [5, 5.41) is 9.57. The lowest BCUT2D eigenvalue weighted by molar-refractivity contribution is 0.0299. The van der Waals surface area contributed by atoms with Gasteiger partial charge in [0.05, 0.1) is 36.6 Å². The fraction of sp³-hybridized carbons (Fsp3) is 0.429. The number of morpholine rings is 1. The van der Waals surface area contributed by atoms with E-state index in [0.717, 1.165) is 37.6 Å². The number of benzene rings is 1. The van der Waals surface area contributed by atoms with Crippen molar-refractivity contribution in [3.05, 3.63) is 53.1 Å². The number of piperazine rings is 1. The van der Waals surface area contributed by atoms with Crippen molar-refractivity contribution in [3.63, 3.8) is 0 Å². The minimum atomic E-state index is -0.114. The monoisotopic (exact) mass is 455 g/mol. The third-order valence-electron chi connectivity index (χ3n) is 5.71. The van der Waals surface area contributed by atoms with E-state index in [-0.39, 0.29) is 5.91 Å². The molecule has 0 N–H and O–H groups in total. The number of hydrogen-bond acceptors (Lipinski definition) is 10. The minimum absolute atomic E-state index is 0.114. The van der Waals surface area contributed by atoms with Crippen molar-refractivity contribution in [2.45, 2.75) is 6.54 Å². The summed E-state index contributed by atoms with van der Waals surface area (Å²) in [7, 11) is 0. The van der Waals surface area contributed by atoms with Gasteiger partial charge in [0.1, 0.15) is 5.69 Å². The number of carbonyl (C=O) groups is 1. The molecule has 0 unspecified atom stereocenters. The van der Waals surface area contributed by atoms with E-state index in [1.54, 1.807) is 15.9 Å². The fourth-order valence-corrected chi connectivity index (χ4v) is 4.62. The summed E-state index contributed by atoms with van der Waals surface area (Å²) in [4.78, 5) is 26.6. The van der Waals surface area contributed by atoms with Crippen LogP contribution >= 0.6 is 11.3 Å². The topological polar surface area (TPSA) is 91.1 Å². The Morgan fingerprint density at radius 1 is 1.06 bits per heavy atom. The van der Waals surface area contributed by atoms with Gasteiger partial charge in [-0.15, -0.1) is 11.3 Å². The fourth-order valence-electron chi connectivity index (χ4n) is 4.09. The van der Waals surface area contributed by atoms with E-state index < -0.39 is 0 Å². The van der Waals surface area contributed by atoms with Gasteiger partial charge in [-0.25, -0.2) is 15.0 Å². The third-order valence-corrected chi connectivity index (χ3v) is 6.30. The maximum Gasteiger partial charge on any atom is 0.292 e. The number of anilines is 2.